The van der Waals surface area contributed by atoms with Gasteiger partial charge < -0.3 is 4.74 Å². The van der Waals surface area contributed by atoms with Crippen molar-refractivity contribution in [2.75, 3.05) is 6.61 Å². The Labute approximate surface area is 146 Å². The molecule has 2 aromatic carbocycles. The summed E-state index contributed by atoms with van der Waals surface area (Å²) < 4.78 is 18.8. The predicted molar refractivity (Wildman–Crippen MR) is 95.8 cm³/mol. The van der Waals surface area contributed by atoms with Crippen molar-refractivity contribution in [1.82, 2.24) is 4.98 Å². The molecule has 0 atom stereocenters. The van der Waals surface area contributed by atoms with Crippen LogP contribution in [0.2, 0.25) is 0 Å². The highest BCUT2D eigenvalue weighted by Crippen LogP contribution is 2.29. The third-order valence-corrected chi connectivity index (χ3v) is 3.86. The maximum absolute atomic E-state index is 13.6. The van der Waals surface area contributed by atoms with Crippen molar-refractivity contribution in [1.29, 1.82) is 0 Å². The van der Waals surface area contributed by atoms with Crippen LogP contribution in [0.5, 0.6) is 0 Å². The van der Waals surface area contributed by atoms with Gasteiger partial charge in [-0.1, -0.05) is 42.5 Å². The molecule has 0 amide bonds. The number of carbonyl (C=O) groups excluding carboxylic acids is 1. The molecular weight excluding hydrogens is 317 g/mol. The molecular formula is C21H18FNO2. The lowest BCUT2D eigenvalue weighted by Gasteiger charge is -2.14. The number of benzene rings is 2. The van der Waals surface area contributed by atoms with E-state index in [1.165, 1.54) is 12.1 Å². The van der Waals surface area contributed by atoms with Crippen LogP contribution in [-0.4, -0.2) is 17.6 Å². The first-order chi connectivity index (χ1) is 12.1. The van der Waals surface area contributed by atoms with Crippen molar-refractivity contribution in [3.05, 3.63) is 77.6 Å². The Morgan fingerprint density at radius 3 is 2.44 bits per heavy atom. The van der Waals surface area contributed by atoms with Gasteiger partial charge in [-0.3, -0.25) is 0 Å². The van der Waals surface area contributed by atoms with Gasteiger partial charge in [0.25, 0.3) is 0 Å². The Morgan fingerprint density at radius 1 is 1.04 bits per heavy atom. The molecule has 1 heterocycles. The Bertz CT molecular complexity index is 907. The zero-order chi connectivity index (χ0) is 17.8. The van der Waals surface area contributed by atoms with Crippen molar-refractivity contribution < 1.29 is 13.9 Å². The monoisotopic (exact) mass is 335 g/mol. The molecule has 0 fully saturated rings. The molecule has 0 saturated heterocycles. The van der Waals surface area contributed by atoms with Crippen molar-refractivity contribution in [3.63, 3.8) is 0 Å². The first-order valence-electron chi connectivity index (χ1n) is 8.10. The lowest BCUT2D eigenvalue weighted by Crippen LogP contribution is -2.10. The molecule has 3 rings (SSSR count). The molecule has 126 valence electrons. The zero-order valence-electron chi connectivity index (χ0n) is 14.1. The fraction of sp³-hybridized carbons (Fsp3) is 0.143. The summed E-state index contributed by atoms with van der Waals surface area (Å²) in [4.78, 5) is 17.1. The van der Waals surface area contributed by atoms with Gasteiger partial charge in [0.2, 0.25) is 0 Å². The van der Waals surface area contributed by atoms with Gasteiger partial charge in [-0.25, -0.2) is 14.2 Å². The number of hydrogen-bond donors (Lipinski definition) is 0. The van der Waals surface area contributed by atoms with Gasteiger partial charge in [0.1, 0.15) is 5.82 Å². The number of pyridine rings is 1. The van der Waals surface area contributed by atoms with Crippen molar-refractivity contribution in [2.24, 2.45) is 0 Å². The standard InChI is InChI=1S/C21H18FNO2/c1-3-25-21(24)19-14(2)12-18(16-10-7-11-17(22)13-16)23-20(19)15-8-5-4-6-9-15/h4-13H,3H2,1-2H3. The summed E-state index contributed by atoms with van der Waals surface area (Å²) in [6.45, 7) is 3.89. The van der Waals surface area contributed by atoms with Gasteiger partial charge in [-0.15, -0.1) is 0 Å². The van der Waals surface area contributed by atoms with E-state index in [1.807, 2.05) is 37.3 Å². The summed E-state index contributed by atoms with van der Waals surface area (Å²) in [5.74, 6) is -0.732. The third kappa shape index (κ3) is 3.58. The molecule has 0 aliphatic heterocycles. The van der Waals surface area contributed by atoms with Crippen molar-refractivity contribution >= 4 is 5.97 Å². The van der Waals surface area contributed by atoms with Gasteiger partial charge in [0.15, 0.2) is 0 Å². The van der Waals surface area contributed by atoms with Gasteiger partial charge in [-0.05, 0) is 37.6 Å². The van der Waals surface area contributed by atoms with E-state index in [2.05, 4.69) is 4.98 Å². The molecule has 0 unspecified atom stereocenters. The molecule has 0 saturated carbocycles. The van der Waals surface area contributed by atoms with E-state index < -0.39 is 5.97 Å². The second-order valence-corrected chi connectivity index (χ2v) is 5.64. The summed E-state index contributed by atoms with van der Waals surface area (Å²) in [5, 5.41) is 0. The molecule has 0 spiro atoms. The number of hydrogen-bond acceptors (Lipinski definition) is 3. The van der Waals surface area contributed by atoms with Crippen molar-refractivity contribution in [3.8, 4) is 22.5 Å². The maximum Gasteiger partial charge on any atom is 0.340 e. The second-order valence-electron chi connectivity index (χ2n) is 5.64. The van der Waals surface area contributed by atoms with E-state index in [0.717, 1.165) is 11.1 Å². The Kier molecular flexibility index (Phi) is 4.89. The topological polar surface area (TPSA) is 39.2 Å². The lowest BCUT2D eigenvalue weighted by molar-refractivity contribution is 0.0526. The number of nitrogens with zero attached hydrogens (tertiary/aromatic N) is 1. The average molecular weight is 335 g/mol. The van der Waals surface area contributed by atoms with Crippen LogP contribution in [0.4, 0.5) is 4.39 Å². The summed E-state index contributed by atoms with van der Waals surface area (Å²) in [6.07, 6.45) is 0. The molecule has 0 aliphatic rings. The van der Waals surface area contributed by atoms with Crippen LogP contribution in [0.1, 0.15) is 22.8 Å². The number of ether oxygens (including phenoxy) is 1. The van der Waals surface area contributed by atoms with Crippen LogP contribution in [-0.2, 0) is 4.74 Å². The molecule has 0 N–H and O–H groups in total. The highest BCUT2D eigenvalue weighted by Gasteiger charge is 2.20. The van der Waals surface area contributed by atoms with Crippen LogP contribution in [0.3, 0.4) is 0 Å². The minimum Gasteiger partial charge on any atom is -0.462 e. The quantitative estimate of drug-likeness (QED) is 0.627. The summed E-state index contributed by atoms with van der Waals surface area (Å²) in [6, 6.07) is 17.5. The highest BCUT2D eigenvalue weighted by molar-refractivity contribution is 5.98. The smallest absolute Gasteiger partial charge is 0.340 e. The van der Waals surface area contributed by atoms with Crippen LogP contribution in [0.15, 0.2) is 60.7 Å². The first-order valence-corrected chi connectivity index (χ1v) is 8.10. The van der Waals surface area contributed by atoms with Crippen LogP contribution in [0.25, 0.3) is 22.5 Å². The molecule has 0 radical (unpaired) electrons. The first kappa shape index (κ1) is 16.8. The maximum atomic E-state index is 13.6. The number of aromatic nitrogens is 1. The SMILES string of the molecule is CCOC(=O)c1c(C)cc(-c2cccc(F)c2)nc1-c1ccccc1. The second kappa shape index (κ2) is 7.26. The molecule has 3 nitrogen and oxygen atoms in total. The number of esters is 1. The number of rotatable bonds is 4. The predicted octanol–water partition coefficient (Wildman–Crippen LogP) is 5.04. The van der Waals surface area contributed by atoms with Crippen LogP contribution in [0, 0.1) is 12.7 Å². The van der Waals surface area contributed by atoms with E-state index in [-0.39, 0.29) is 12.4 Å². The Balaban J connectivity index is 2.22. The largest absolute Gasteiger partial charge is 0.462 e. The Morgan fingerprint density at radius 2 is 1.76 bits per heavy atom. The molecule has 0 bridgehead atoms. The molecule has 4 heteroatoms. The zero-order valence-corrected chi connectivity index (χ0v) is 14.1. The van der Waals surface area contributed by atoms with E-state index in [1.54, 1.807) is 25.1 Å². The molecule has 25 heavy (non-hydrogen) atoms. The van der Waals surface area contributed by atoms with E-state index >= 15 is 0 Å². The molecule has 1 aromatic heterocycles. The fourth-order valence-corrected chi connectivity index (χ4v) is 2.73. The number of carbonyl (C=O) groups is 1. The Hall–Kier alpha value is -3.01. The van der Waals surface area contributed by atoms with Gasteiger partial charge in [0.05, 0.1) is 23.6 Å². The van der Waals surface area contributed by atoms with Crippen LogP contribution >= 0.6 is 0 Å². The minimum absolute atomic E-state index is 0.290. The molecule has 3 aromatic rings. The fourth-order valence-electron chi connectivity index (χ4n) is 2.73. The highest BCUT2D eigenvalue weighted by atomic mass is 19.1. The average Bonchev–Trinajstić information content (AvgIpc) is 2.62. The van der Waals surface area contributed by atoms with E-state index in [9.17, 15) is 9.18 Å². The van der Waals surface area contributed by atoms with E-state index in [0.29, 0.717) is 22.5 Å². The normalized spacial score (nSPS) is 10.5. The van der Waals surface area contributed by atoms with Gasteiger partial charge in [0, 0.05) is 11.1 Å². The third-order valence-electron chi connectivity index (χ3n) is 3.86. The van der Waals surface area contributed by atoms with Crippen LogP contribution < -0.4 is 0 Å². The number of halogens is 1. The van der Waals surface area contributed by atoms with E-state index in [4.69, 9.17) is 4.74 Å². The summed E-state index contributed by atoms with van der Waals surface area (Å²) in [7, 11) is 0. The number of aryl methyl sites for hydroxylation is 1. The molecule has 0 aliphatic carbocycles. The lowest BCUT2D eigenvalue weighted by atomic mass is 9.99. The summed E-state index contributed by atoms with van der Waals surface area (Å²) in [5.41, 5.74) is 3.81. The summed E-state index contributed by atoms with van der Waals surface area (Å²) >= 11 is 0. The van der Waals surface area contributed by atoms with Gasteiger partial charge >= 0.3 is 5.97 Å². The minimum atomic E-state index is -0.405. The van der Waals surface area contributed by atoms with Gasteiger partial charge in [-0.2, -0.15) is 0 Å². The van der Waals surface area contributed by atoms with Crippen molar-refractivity contribution in [2.45, 2.75) is 13.8 Å².